The molecule has 1 fully saturated rings. The summed E-state index contributed by atoms with van der Waals surface area (Å²) in [6.07, 6.45) is 2.83. The molecule has 0 unspecified atom stereocenters. The molecule has 1 aliphatic heterocycles. The Kier molecular flexibility index (Phi) is 5.77. The van der Waals surface area contributed by atoms with E-state index >= 15 is 0 Å². The maximum Gasteiger partial charge on any atom is 0.306 e. The van der Waals surface area contributed by atoms with E-state index in [0.717, 1.165) is 19.6 Å². The average molecular weight is 228 g/mol. The van der Waals surface area contributed by atoms with Crippen LogP contribution in [0.25, 0.3) is 0 Å². The average Bonchev–Trinajstić information content (AvgIpc) is 2.29. The van der Waals surface area contributed by atoms with Crippen molar-refractivity contribution in [2.24, 2.45) is 0 Å². The third kappa shape index (κ3) is 4.49. The highest BCUT2D eigenvalue weighted by Crippen LogP contribution is 2.12. The summed E-state index contributed by atoms with van der Waals surface area (Å²) < 4.78 is 4.60. The first-order valence-electron chi connectivity index (χ1n) is 6.17. The Morgan fingerprint density at radius 1 is 1.44 bits per heavy atom. The lowest BCUT2D eigenvalue weighted by molar-refractivity contribution is -0.140. The van der Waals surface area contributed by atoms with Gasteiger partial charge in [-0.3, -0.25) is 4.79 Å². The molecule has 4 nitrogen and oxygen atoms in total. The van der Waals surface area contributed by atoms with E-state index in [0.29, 0.717) is 18.5 Å². The van der Waals surface area contributed by atoms with Crippen LogP contribution in [0.3, 0.4) is 0 Å². The maximum absolute atomic E-state index is 10.9. The molecule has 0 aromatic rings. The quantitative estimate of drug-likeness (QED) is 0.713. The molecule has 0 atom stereocenters. The van der Waals surface area contributed by atoms with Crippen molar-refractivity contribution in [3.8, 4) is 0 Å². The van der Waals surface area contributed by atoms with Crippen molar-refractivity contribution in [2.45, 2.75) is 45.2 Å². The van der Waals surface area contributed by atoms with E-state index in [4.69, 9.17) is 0 Å². The molecule has 94 valence electrons. The molecular formula is C12H24N2O2. The molecule has 4 heteroatoms. The van der Waals surface area contributed by atoms with Crippen LogP contribution in [0, 0.1) is 0 Å². The molecule has 1 saturated heterocycles. The van der Waals surface area contributed by atoms with Crippen molar-refractivity contribution in [1.29, 1.82) is 0 Å². The second-order valence-corrected chi connectivity index (χ2v) is 4.68. The zero-order valence-electron chi connectivity index (χ0n) is 10.7. The Balaban J connectivity index is 2.10. The molecule has 16 heavy (non-hydrogen) atoms. The molecule has 1 aliphatic rings. The molecule has 1 N–H and O–H groups in total. The van der Waals surface area contributed by atoms with Crippen molar-refractivity contribution >= 4 is 5.97 Å². The first-order valence-corrected chi connectivity index (χ1v) is 6.17. The van der Waals surface area contributed by atoms with Gasteiger partial charge in [0, 0.05) is 18.6 Å². The summed E-state index contributed by atoms with van der Waals surface area (Å²) in [6, 6.07) is 1.22. The van der Waals surface area contributed by atoms with Gasteiger partial charge in [-0.2, -0.15) is 0 Å². The van der Waals surface area contributed by atoms with E-state index in [9.17, 15) is 4.79 Å². The fourth-order valence-corrected chi connectivity index (χ4v) is 2.10. The molecule has 0 bridgehead atoms. The maximum atomic E-state index is 10.9. The minimum Gasteiger partial charge on any atom is -0.469 e. The predicted octanol–water partition coefficient (Wildman–Crippen LogP) is 1.01. The van der Waals surface area contributed by atoms with Gasteiger partial charge < -0.3 is 15.0 Å². The number of likely N-dealkylation sites (tertiary alicyclic amines) is 1. The molecule has 0 spiro atoms. The largest absolute Gasteiger partial charge is 0.469 e. The zero-order valence-corrected chi connectivity index (χ0v) is 10.7. The second-order valence-electron chi connectivity index (χ2n) is 4.68. The van der Waals surface area contributed by atoms with Crippen molar-refractivity contribution in [1.82, 2.24) is 10.2 Å². The molecule has 1 rings (SSSR count). The van der Waals surface area contributed by atoms with Crippen molar-refractivity contribution in [3.05, 3.63) is 0 Å². The molecule has 0 amide bonds. The Morgan fingerprint density at radius 3 is 2.56 bits per heavy atom. The van der Waals surface area contributed by atoms with Crippen LogP contribution in [0.4, 0.5) is 0 Å². The van der Waals surface area contributed by atoms with Crippen LogP contribution in [-0.4, -0.2) is 49.7 Å². The van der Waals surface area contributed by atoms with E-state index in [-0.39, 0.29) is 5.97 Å². The van der Waals surface area contributed by atoms with Gasteiger partial charge in [-0.05, 0) is 39.8 Å². The summed E-state index contributed by atoms with van der Waals surface area (Å²) in [6.45, 7) is 7.54. The van der Waals surface area contributed by atoms with Crippen LogP contribution in [0.5, 0.6) is 0 Å². The highest BCUT2D eigenvalue weighted by molar-refractivity contribution is 5.69. The van der Waals surface area contributed by atoms with Crippen LogP contribution in [-0.2, 0) is 9.53 Å². The summed E-state index contributed by atoms with van der Waals surface area (Å²) in [5.41, 5.74) is 0. The van der Waals surface area contributed by atoms with Crippen LogP contribution >= 0.6 is 0 Å². The number of hydrogen-bond donors (Lipinski definition) is 1. The van der Waals surface area contributed by atoms with Gasteiger partial charge in [0.1, 0.15) is 0 Å². The summed E-state index contributed by atoms with van der Waals surface area (Å²) in [5, 5.41) is 3.42. The second kappa shape index (κ2) is 6.86. The topological polar surface area (TPSA) is 41.6 Å². The lowest BCUT2D eigenvalue weighted by atomic mass is 10.0. The monoisotopic (exact) mass is 228 g/mol. The van der Waals surface area contributed by atoms with Gasteiger partial charge in [0.2, 0.25) is 0 Å². The summed E-state index contributed by atoms with van der Waals surface area (Å²) in [4.78, 5) is 13.4. The van der Waals surface area contributed by atoms with Gasteiger partial charge in [-0.25, -0.2) is 0 Å². The smallest absolute Gasteiger partial charge is 0.306 e. The number of hydrogen-bond acceptors (Lipinski definition) is 4. The molecular weight excluding hydrogens is 204 g/mol. The summed E-state index contributed by atoms with van der Waals surface area (Å²) in [5.74, 6) is -0.132. The normalized spacial score (nSPS) is 19.0. The van der Waals surface area contributed by atoms with Crippen molar-refractivity contribution in [2.75, 3.05) is 26.7 Å². The third-order valence-electron chi connectivity index (χ3n) is 3.25. The molecule has 0 radical (unpaired) electrons. The van der Waals surface area contributed by atoms with E-state index in [1.165, 1.54) is 20.0 Å². The van der Waals surface area contributed by atoms with Gasteiger partial charge in [0.25, 0.3) is 0 Å². The van der Waals surface area contributed by atoms with Crippen LogP contribution < -0.4 is 5.32 Å². The van der Waals surface area contributed by atoms with Crippen molar-refractivity contribution < 1.29 is 9.53 Å². The Labute approximate surface area is 98.3 Å². The Bertz CT molecular complexity index is 211. The minimum absolute atomic E-state index is 0.132. The van der Waals surface area contributed by atoms with Gasteiger partial charge in [-0.15, -0.1) is 0 Å². The third-order valence-corrected chi connectivity index (χ3v) is 3.25. The first kappa shape index (κ1) is 13.5. The van der Waals surface area contributed by atoms with Crippen molar-refractivity contribution in [3.63, 3.8) is 0 Å². The molecule has 0 aliphatic carbocycles. The van der Waals surface area contributed by atoms with E-state index in [1.807, 2.05) is 0 Å². The van der Waals surface area contributed by atoms with Gasteiger partial charge in [0.05, 0.1) is 13.5 Å². The fourth-order valence-electron chi connectivity index (χ4n) is 2.10. The SMILES string of the molecule is COC(=O)CCNC1CCN(C(C)C)CC1. The fraction of sp³-hybridized carbons (Fsp3) is 0.917. The Hall–Kier alpha value is -0.610. The molecule has 0 aromatic carbocycles. The van der Waals surface area contributed by atoms with E-state index in [1.54, 1.807) is 0 Å². The predicted molar refractivity (Wildman–Crippen MR) is 64.4 cm³/mol. The number of carbonyl (C=O) groups excluding carboxylic acids is 1. The zero-order chi connectivity index (χ0) is 12.0. The van der Waals surface area contributed by atoms with Gasteiger partial charge in [0.15, 0.2) is 0 Å². The van der Waals surface area contributed by atoms with E-state index in [2.05, 4.69) is 28.8 Å². The number of methoxy groups -OCH3 is 1. The van der Waals surface area contributed by atoms with Crippen LogP contribution in [0.2, 0.25) is 0 Å². The van der Waals surface area contributed by atoms with Crippen LogP contribution in [0.15, 0.2) is 0 Å². The molecule has 1 heterocycles. The number of rotatable bonds is 5. The standard InChI is InChI=1S/C12H24N2O2/c1-10(2)14-8-5-11(6-9-14)13-7-4-12(15)16-3/h10-11,13H,4-9H2,1-3H3. The Morgan fingerprint density at radius 2 is 2.06 bits per heavy atom. The van der Waals surface area contributed by atoms with E-state index < -0.39 is 0 Å². The lowest BCUT2D eigenvalue weighted by Crippen LogP contribution is -2.45. The van der Waals surface area contributed by atoms with Gasteiger partial charge in [-0.1, -0.05) is 0 Å². The minimum atomic E-state index is -0.132. The first-order chi connectivity index (χ1) is 7.63. The number of carbonyl (C=O) groups is 1. The molecule has 0 saturated carbocycles. The lowest BCUT2D eigenvalue weighted by Gasteiger charge is -2.34. The summed E-state index contributed by atoms with van der Waals surface area (Å²) in [7, 11) is 1.43. The molecule has 0 aromatic heterocycles. The van der Waals surface area contributed by atoms with Crippen LogP contribution in [0.1, 0.15) is 33.1 Å². The highest BCUT2D eigenvalue weighted by Gasteiger charge is 2.20. The number of esters is 1. The summed E-state index contributed by atoms with van der Waals surface area (Å²) >= 11 is 0. The van der Waals surface area contributed by atoms with Gasteiger partial charge >= 0.3 is 5.97 Å². The number of piperidine rings is 1. The number of nitrogens with one attached hydrogen (secondary N) is 1. The number of nitrogens with zero attached hydrogens (tertiary/aromatic N) is 1. The highest BCUT2D eigenvalue weighted by atomic mass is 16.5. The number of ether oxygens (including phenoxy) is 1.